The summed E-state index contributed by atoms with van der Waals surface area (Å²) >= 11 is 1.70. The summed E-state index contributed by atoms with van der Waals surface area (Å²) in [7, 11) is 0.107. The van der Waals surface area contributed by atoms with Gasteiger partial charge in [-0.05, 0) is 32.4 Å². The topological polar surface area (TPSA) is 53.5 Å². The first-order valence-corrected chi connectivity index (χ1v) is 9.53. The first-order valence-electron chi connectivity index (χ1n) is 7.04. The second-order valence-corrected chi connectivity index (χ2v) is 8.60. The highest BCUT2D eigenvalue weighted by molar-refractivity contribution is 7.89. The lowest BCUT2D eigenvalue weighted by molar-refractivity contribution is 0.149. The SMILES string of the molecule is CN(C)S(=O)(=O)CCCN1CCCC[C@@H]1c1nccs1. The van der Waals surface area contributed by atoms with Crippen molar-refractivity contribution in [2.45, 2.75) is 31.7 Å². The molecule has 0 amide bonds. The predicted octanol–water partition coefficient (Wildman–Crippen LogP) is 1.95. The lowest BCUT2D eigenvalue weighted by atomic mass is 10.0. The van der Waals surface area contributed by atoms with Crippen LogP contribution >= 0.6 is 11.3 Å². The van der Waals surface area contributed by atoms with Crippen molar-refractivity contribution in [3.8, 4) is 0 Å². The van der Waals surface area contributed by atoms with Gasteiger partial charge in [-0.3, -0.25) is 4.90 Å². The van der Waals surface area contributed by atoms with E-state index in [1.807, 2.05) is 11.6 Å². The van der Waals surface area contributed by atoms with Crippen LogP contribution in [0.4, 0.5) is 0 Å². The number of piperidine rings is 1. The summed E-state index contributed by atoms with van der Waals surface area (Å²) in [6.45, 7) is 1.88. The summed E-state index contributed by atoms with van der Waals surface area (Å²) in [5.74, 6) is 0.223. The van der Waals surface area contributed by atoms with Crippen LogP contribution in [0.2, 0.25) is 0 Å². The molecule has 1 aromatic heterocycles. The van der Waals surface area contributed by atoms with Crippen molar-refractivity contribution in [2.75, 3.05) is 32.9 Å². The Morgan fingerprint density at radius 2 is 2.25 bits per heavy atom. The average molecular weight is 317 g/mol. The van der Waals surface area contributed by atoms with Gasteiger partial charge in [0.25, 0.3) is 0 Å². The summed E-state index contributed by atoms with van der Waals surface area (Å²) in [6.07, 6.45) is 6.10. The Hall–Kier alpha value is -0.500. The highest BCUT2D eigenvalue weighted by atomic mass is 32.2. The molecule has 7 heteroatoms. The second kappa shape index (κ2) is 6.98. The maximum Gasteiger partial charge on any atom is 0.213 e. The van der Waals surface area contributed by atoms with Crippen LogP contribution in [-0.2, 0) is 10.0 Å². The van der Waals surface area contributed by atoms with Gasteiger partial charge < -0.3 is 0 Å². The van der Waals surface area contributed by atoms with Crippen LogP contribution in [0.5, 0.6) is 0 Å². The molecule has 1 aliphatic rings. The first kappa shape index (κ1) is 15.9. The van der Waals surface area contributed by atoms with Crippen molar-refractivity contribution in [1.82, 2.24) is 14.2 Å². The van der Waals surface area contributed by atoms with Crippen LogP contribution in [0.3, 0.4) is 0 Å². The molecule has 20 heavy (non-hydrogen) atoms. The molecule has 1 aliphatic heterocycles. The molecule has 0 bridgehead atoms. The number of likely N-dealkylation sites (tertiary alicyclic amines) is 1. The van der Waals surface area contributed by atoms with Crippen LogP contribution in [0, 0.1) is 0 Å². The molecular formula is C13H23N3O2S2. The van der Waals surface area contributed by atoms with E-state index in [4.69, 9.17) is 0 Å². The third-order valence-corrected chi connectivity index (χ3v) is 6.55. The zero-order chi connectivity index (χ0) is 14.6. The fraction of sp³-hybridized carbons (Fsp3) is 0.769. The molecule has 0 aliphatic carbocycles. The minimum Gasteiger partial charge on any atom is -0.294 e. The minimum absolute atomic E-state index is 0.223. The maximum atomic E-state index is 11.8. The minimum atomic E-state index is -3.08. The van der Waals surface area contributed by atoms with Crippen molar-refractivity contribution >= 4 is 21.4 Å². The lowest BCUT2D eigenvalue weighted by Crippen LogP contribution is -2.35. The molecule has 5 nitrogen and oxygen atoms in total. The summed E-state index contributed by atoms with van der Waals surface area (Å²) in [4.78, 5) is 6.82. The number of nitrogens with zero attached hydrogens (tertiary/aromatic N) is 3. The molecule has 1 fully saturated rings. The van der Waals surface area contributed by atoms with Crippen molar-refractivity contribution in [3.63, 3.8) is 0 Å². The Morgan fingerprint density at radius 3 is 2.90 bits per heavy atom. The van der Waals surface area contributed by atoms with Crippen molar-refractivity contribution < 1.29 is 8.42 Å². The summed E-state index contributed by atoms with van der Waals surface area (Å²) in [5.41, 5.74) is 0. The van der Waals surface area contributed by atoms with Gasteiger partial charge in [0.1, 0.15) is 5.01 Å². The predicted molar refractivity (Wildman–Crippen MR) is 82.4 cm³/mol. The summed E-state index contributed by atoms with van der Waals surface area (Å²) in [5, 5.41) is 3.18. The molecule has 114 valence electrons. The van der Waals surface area contributed by atoms with Gasteiger partial charge in [0.05, 0.1) is 11.8 Å². The van der Waals surface area contributed by atoms with E-state index >= 15 is 0 Å². The van der Waals surface area contributed by atoms with Gasteiger partial charge in [0, 0.05) is 25.7 Å². The molecule has 0 spiro atoms. The van der Waals surface area contributed by atoms with Gasteiger partial charge in [0.2, 0.25) is 10.0 Å². The van der Waals surface area contributed by atoms with Crippen LogP contribution in [0.25, 0.3) is 0 Å². The molecule has 0 saturated carbocycles. The number of aromatic nitrogens is 1. The highest BCUT2D eigenvalue weighted by Crippen LogP contribution is 2.31. The normalized spacial score (nSPS) is 21.4. The van der Waals surface area contributed by atoms with E-state index < -0.39 is 10.0 Å². The molecular weight excluding hydrogens is 294 g/mol. The zero-order valence-electron chi connectivity index (χ0n) is 12.2. The third-order valence-electron chi connectivity index (χ3n) is 3.75. The van der Waals surface area contributed by atoms with Gasteiger partial charge in [-0.2, -0.15) is 0 Å². The zero-order valence-corrected chi connectivity index (χ0v) is 13.8. The summed E-state index contributed by atoms with van der Waals surface area (Å²) < 4.78 is 24.9. The van der Waals surface area contributed by atoms with Crippen molar-refractivity contribution in [2.24, 2.45) is 0 Å². The van der Waals surface area contributed by atoms with Crippen LogP contribution in [-0.4, -0.2) is 55.5 Å². The van der Waals surface area contributed by atoms with Crippen molar-refractivity contribution in [1.29, 1.82) is 0 Å². The molecule has 0 unspecified atom stereocenters. The molecule has 2 rings (SSSR count). The van der Waals surface area contributed by atoms with Crippen LogP contribution < -0.4 is 0 Å². The fourth-order valence-corrected chi connectivity index (χ4v) is 4.24. The lowest BCUT2D eigenvalue weighted by Gasteiger charge is -2.34. The molecule has 1 atom stereocenters. The Balaban J connectivity index is 1.90. The molecule has 1 aromatic rings. The smallest absolute Gasteiger partial charge is 0.213 e. The van der Waals surface area contributed by atoms with Gasteiger partial charge in [-0.1, -0.05) is 6.42 Å². The van der Waals surface area contributed by atoms with Crippen LogP contribution in [0.1, 0.15) is 36.7 Å². The quantitative estimate of drug-likeness (QED) is 0.805. The highest BCUT2D eigenvalue weighted by Gasteiger charge is 2.26. The number of sulfonamides is 1. The molecule has 0 radical (unpaired) electrons. The second-order valence-electron chi connectivity index (χ2n) is 5.37. The first-order chi connectivity index (χ1) is 9.50. The maximum absolute atomic E-state index is 11.8. The number of thiazole rings is 1. The number of rotatable bonds is 6. The Bertz CT molecular complexity index is 500. The monoisotopic (exact) mass is 317 g/mol. The Labute approximate surface area is 125 Å². The number of hydrogen-bond donors (Lipinski definition) is 0. The Kier molecular flexibility index (Phi) is 5.54. The van der Waals surface area contributed by atoms with Gasteiger partial charge in [-0.15, -0.1) is 11.3 Å². The standard InChI is InChI=1S/C13H23N3O2S2/c1-15(2)20(17,18)11-5-9-16-8-4-3-6-12(16)13-14-7-10-19-13/h7,10,12H,3-6,8-9,11H2,1-2H3/t12-/m1/s1. The van der Waals surface area contributed by atoms with E-state index in [1.165, 1.54) is 22.2 Å². The van der Waals surface area contributed by atoms with Crippen molar-refractivity contribution in [3.05, 3.63) is 16.6 Å². The van der Waals surface area contributed by atoms with Crippen LogP contribution in [0.15, 0.2) is 11.6 Å². The van der Waals surface area contributed by atoms with E-state index in [0.29, 0.717) is 12.5 Å². The third kappa shape index (κ3) is 4.00. The molecule has 1 saturated heterocycles. The average Bonchev–Trinajstić information content (AvgIpc) is 2.92. The molecule has 2 heterocycles. The fourth-order valence-electron chi connectivity index (χ4n) is 2.57. The van der Waals surface area contributed by atoms with E-state index in [9.17, 15) is 8.42 Å². The largest absolute Gasteiger partial charge is 0.294 e. The van der Waals surface area contributed by atoms with Gasteiger partial charge in [0.15, 0.2) is 0 Å². The number of hydrogen-bond acceptors (Lipinski definition) is 5. The van der Waals surface area contributed by atoms with Gasteiger partial charge in [-0.25, -0.2) is 17.7 Å². The van der Waals surface area contributed by atoms with E-state index in [-0.39, 0.29) is 5.75 Å². The van der Waals surface area contributed by atoms with E-state index in [1.54, 1.807) is 25.4 Å². The van der Waals surface area contributed by atoms with E-state index in [0.717, 1.165) is 19.5 Å². The Morgan fingerprint density at radius 1 is 1.45 bits per heavy atom. The molecule has 0 N–H and O–H groups in total. The van der Waals surface area contributed by atoms with Gasteiger partial charge >= 0.3 is 0 Å². The van der Waals surface area contributed by atoms with E-state index in [2.05, 4.69) is 9.88 Å². The summed E-state index contributed by atoms with van der Waals surface area (Å²) in [6, 6.07) is 0.380. The molecule has 0 aromatic carbocycles.